The van der Waals surface area contributed by atoms with Crippen molar-refractivity contribution in [3.8, 4) is 0 Å². The second kappa shape index (κ2) is 7.75. The molecular weight excluding hydrogens is 276 g/mol. The largest absolute Gasteiger partial charge is 0.373 e. The molecule has 1 aromatic rings. The zero-order valence-corrected chi connectivity index (χ0v) is 14.1. The summed E-state index contributed by atoms with van der Waals surface area (Å²) in [6.07, 6.45) is 0.365. The lowest BCUT2D eigenvalue weighted by Crippen LogP contribution is -2.54. The molecular formula is C18H28N2O2. The van der Waals surface area contributed by atoms with E-state index < -0.39 is 0 Å². The predicted molar refractivity (Wildman–Crippen MR) is 88.9 cm³/mol. The maximum Gasteiger partial charge on any atom is 0.237 e. The normalized spacial score (nSPS) is 25.5. The molecule has 1 N–H and O–H groups in total. The number of ether oxygens (including phenoxy) is 1. The number of nitrogens with one attached hydrogen (secondary N) is 1. The molecule has 1 saturated heterocycles. The van der Waals surface area contributed by atoms with Gasteiger partial charge in [0.1, 0.15) is 0 Å². The number of nitrogens with zero attached hydrogens (tertiary/aromatic N) is 1. The Balaban J connectivity index is 1.84. The number of amides is 1. The van der Waals surface area contributed by atoms with E-state index in [0.29, 0.717) is 12.5 Å². The Morgan fingerprint density at radius 3 is 2.41 bits per heavy atom. The van der Waals surface area contributed by atoms with Crippen molar-refractivity contribution in [2.75, 3.05) is 19.6 Å². The van der Waals surface area contributed by atoms with Gasteiger partial charge in [-0.1, -0.05) is 37.3 Å². The van der Waals surface area contributed by atoms with Gasteiger partial charge in [0.05, 0.1) is 18.2 Å². The molecule has 0 spiro atoms. The van der Waals surface area contributed by atoms with Crippen LogP contribution in [0.4, 0.5) is 0 Å². The molecule has 0 aromatic heterocycles. The summed E-state index contributed by atoms with van der Waals surface area (Å²) in [6.45, 7) is 10.5. The SMILES string of the molecule is C[C@@H]1CN([C@H](C)C(=O)NC[C@H](C)c2ccccc2)C[C@H](C)O1. The summed E-state index contributed by atoms with van der Waals surface area (Å²) in [6, 6.07) is 10.2. The van der Waals surface area contributed by atoms with Gasteiger partial charge < -0.3 is 10.1 Å². The van der Waals surface area contributed by atoms with Gasteiger partial charge in [-0.3, -0.25) is 9.69 Å². The second-order valence-corrected chi connectivity index (χ2v) is 6.44. The van der Waals surface area contributed by atoms with E-state index in [0.717, 1.165) is 13.1 Å². The van der Waals surface area contributed by atoms with Crippen LogP contribution < -0.4 is 5.32 Å². The Bertz CT molecular complexity index is 467. The molecule has 1 aliphatic heterocycles. The molecule has 0 aliphatic carbocycles. The molecule has 4 nitrogen and oxygen atoms in total. The Morgan fingerprint density at radius 1 is 1.23 bits per heavy atom. The lowest BCUT2D eigenvalue weighted by molar-refractivity contribution is -0.131. The molecule has 4 heteroatoms. The summed E-state index contributed by atoms with van der Waals surface area (Å²) >= 11 is 0. The molecule has 1 aromatic carbocycles. The van der Waals surface area contributed by atoms with Gasteiger partial charge in [-0.15, -0.1) is 0 Å². The first-order valence-corrected chi connectivity index (χ1v) is 8.19. The summed E-state index contributed by atoms with van der Waals surface area (Å²) in [5, 5.41) is 3.09. The highest BCUT2D eigenvalue weighted by Gasteiger charge is 2.29. The number of rotatable bonds is 5. The second-order valence-electron chi connectivity index (χ2n) is 6.44. The van der Waals surface area contributed by atoms with Gasteiger partial charge in [0.25, 0.3) is 0 Å². The van der Waals surface area contributed by atoms with E-state index in [9.17, 15) is 4.79 Å². The average molecular weight is 304 g/mol. The van der Waals surface area contributed by atoms with Crippen LogP contribution in [0, 0.1) is 0 Å². The summed E-state index contributed by atoms with van der Waals surface area (Å²) in [5.41, 5.74) is 1.25. The molecule has 0 unspecified atom stereocenters. The standard InChI is InChI=1S/C18H28N2O2/c1-13(17-8-6-5-7-9-17)10-19-18(21)16(4)20-11-14(2)22-15(3)12-20/h5-9,13-16H,10-12H2,1-4H3,(H,19,21)/t13-,14-,15+,16+/m0/s1. The fraction of sp³-hybridized carbons (Fsp3) is 0.611. The van der Waals surface area contributed by atoms with Crippen LogP contribution in [0.25, 0.3) is 0 Å². The fourth-order valence-electron chi connectivity index (χ4n) is 3.00. The summed E-state index contributed by atoms with van der Waals surface area (Å²) in [5.74, 6) is 0.420. The summed E-state index contributed by atoms with van der Waals surface area (Å²) < 4.78 is 5.73. The highest BCUT2D eigenvalue weighted by Crippen LogP contribution is 2.15. The van der Waals surface area contributed by atoms with Crippen LogP contribution in [0.3, 0.4) is 0 Å². The minimum absolute atomic E-state index is 0.101. The topological polar surface area (TPSA) is 41.6 Å². The lowest BCUT2D eigenvalue weighted by Gasteiger charge is -2.38. The highest BCUT2D eigenvalue weighted by molar-refractivity contribution is 5.81. The summed E-state index contributed by atoms with van der Waals surface area (Å²) in [7, 11) is 0. The van der Waals surface area contributed by atoms with Gasteiger partial charge in [-0.05, 0) is 32.3 Å². The molecule has 122 valence electrons. The molecule has 1 amide bonds. The molecule has 1 fully saturated rings. The lowest BCUT2D eigenvalue weighted by atomic mass is 10.0. The van der Waals surface area contributed by atoms with Crippen LogP contribution in [-0.4, -0.2) is 48.7 Å². The van der Waals surface area contributed by atoms with Gasteiger partial charge >= 0.3 is 0 Å². The average Bonchev–Trinajstić information content (AvgIpc) is 2.51. The third-order valence-electron chi connectivity index (χ3n) is 4.33. The van der Waals surface area contributed by atoms with Crippen LogP contribution in [0.2, 0.25) is 0 Å². The van der Waals surface area contributed by atoms with Crippen molar-refractivity contribution in [2.45, 2.75) is 51.9 Å². The Labute approximate surface area is 133 Å². The van der Waals surface area contributed by atoms with Gasteiger partial charge in [0.15, 0.2) is 0 Å². The molecule has 1 heterocycles. The molecule has 0 radical (unpaired) electrons. The van der Waals surface area contributed by atoms with Crippen molar-refractivity contribution in [3.63, 3.8) is 0 Å². The van der Waals surface area contributed by atoms with Crippen molar-refractivity contribution >= 4 is 5.91 Å². The third kappa shape index (κ3) is 4.55. The van der Waals surface area contributed by atoms with Crippen molar-refractivity contribution in [1.82, 2.24) is 10.2 Å². The molecule has 0 saturated carbocycles. The van der Waals surface area contributed by atoms with Gasteiger partial charge in [0, 0.05) is 19.6 Å². The molecule has 0 bridgehead atoms. The number of morpholine rings is 1. The molecule has 2 rings (SSSR count). The van der Waals surface area contributed by atoms with E-state index in [1.165, 1.54) is 5.56 Å². The number of hydrogen-bond acceptors (Lipinski definition) is 3. The van der Waals surface area contributed by atoms with E-state index in [1.54, 1.807) is 0 Å². The number of hydrogen-bond donors (Lipinski definition) is 1. The first-order chi connectivity index (χ1) is 10.5. The van der Waals surface area contributed by atoms with Gasteiger partial charge in [0.2, 0.25) is 5.91 Å². The van der Waals surface area contributed by atoms with Crippen LogP contribution in [0.1, 0.15) is 39.2 Å². The van der Waals surface area contributed by atoms with Crippen LogP contribution in [0.5, 0.6) is 0 Å². The third-order valence-corrected chi connectivity index (χ3v) is 4.33. The molecule has 1 aliphatic rings. The number of carbonyl (C=O) groups is 1. The zero-order chi connectivity index (χ0) is 16.1. The van der Waals surface area contributed by atoms with E-state index in [1.807, 2.05) is 25.1 Å². The van der Waals surface area contributed by atoms with Crippen molar-refractivity contribution in [2.24, 2.45) is 0 Å². The minimum Gasteiger partial charge on any atom is -0.373 e. The van der Waals surface area contributed by atoms with Gasteiger partial charge in [-0.2, -0.15) is 0 Å². The van der Waals surface area contributed by atoms with E-state index >= 15 is 0 Å². The maximum atomic E-state index is 12.4. The monoisotopic (exact) mass is 304 g/mol. The first kappa shape index (κ1) is 17.0. The van der Waals surface area contributed by atoms with E-state index in [-0.39, 0.29) is 24.2 Å². The van der Waals surface area contributed by atoms with Crippen LogP contribution in [0.15, 0.2) is 30.3 Å². The van der Waals surface area contributed by atoms with E-state index in [2.05, 4.69) is 43.1 Å². The number of carbonyl (C=O) groups excluding carboxylic acids is 1. The Kier molecular flexibility index (Phi) is 5.98. The van der Waals surface area contributed by atoms with Crippen molar-refractivity contribution < 1.29 is 9.53 Å². The number of benzene rings is 1. The fourth-order valence-corrected chi connectivity index (χ4v) is 3.00. The zero-order valence-electron chi connectivity index (χ0n) is 14.1. The van der Waals surface area contributed by atoms with Crippen LogP contribution in [-0.2, 0) is 9.53 Å². The van der Waals surface area contributed by atoms with Crippen molar-refractivity contribution in [1.29, 1.82) is 0 Å². The smallest absolute Gasteiger partial charge is 0.237 e. The first-order valence-electron chi connectivity index (χ1n) is 8.19. The quantitative estimate of drug-likeness (QED) is 0.908. The van der Waals surface area contributed by atoms with Gasteiger partial charge in [-0.25, -0.2) is 0 Å². The molecule has 4 atom stereocenters. The predicted octanol–water partition coefficient (Wildman–Crippen LogP) is 2.40. The maximum absolute atomic E-state index is 12.4. The van der Waals surface area contributed by atoms with E-state index in [4.69, 9.17) is 4.74 Å². The summed E-state index contributed by atoms with van der Waals surface area (Å²) in [4.78, 5) is 14.6. The van der Waals surface area contributed by atoms with Crippen LogP contribution >= 0.6 is 0 Å². The highest BCUT2D eigenvalue weighted by atomic mass is 16.5. The van der Waals surface area contributed by atoms with Crippen molar-refractivity contribution in [3.05, 3.63) is 35.9 Å². The molecule has 22 heavy (non-hydrogen) atoms. The Morgan fingerprint density at radius 2 is 1.82 bits per heavy atom. The minimum atomic E-state index is -0.114. The Hall–Kier alpha value is -1.39.